The maximum Gasteiger partial charge on any atom is 0.472 e. The van der Waals surface area contributed by atoms with Gasteiger partial charge in [-0.3, -0.25) is 9.59 Å². The largest absolute Gasteiger partial charge is 0.472 e. The van der Waals surface area contributed by atoms with Crippen LogP contribution in [0.2, 0.25) is 0 Å². The monoisotopic (exact) mass is 383 g/mol. The summed E-state index contributed by atoms with van der Waals surface area (Å²) in [6.07, 6.45) is -5.63. The number of rotatable bonds is 7. The molecule has 0 N–H and O–H groups in total. The van der Waals surface area contributed by atoms with Crippen molar-refractivity contribution in [1.82, 2.24) is 0 Å². The van der Waals surface area contributed by atoms with E-state index in [4.69, 9.17) is 0 Å². The van der Waals surface area contributed by atoms with Crippen molar-refractivity contribution in [2.75, 3.05) is 4.90 Å². The lowest BCUT2D eigenvalue weighted by Gasteiger charge is -2.23. The number of benzene rings is 1. The summed E-state index contributed by atoms with van der Waals surface area (Å²) in [7, 11) is 0. The van der Waals surface area contributed by atoms with Crippen LogP contribution in [0, 0.1) is 0 Å². The van der Waals surface area contributed by atoms with Gasteiger partial charge < -0.3 is 0 Å². The van der Waals surface area contributed by atoms with E-state index in [0.717, 1.165) is 44.2 Å². The van der Waals surface area contributed by atoms with Crippen molar-refractivity contribution >= 4 is 17.5 Å². The summed E-state index contributed by atoms with van der Waals surface area (Å²) in [5.41, 5.74) is -0.0755. The number of hydrogen-bond acceptors (Lipinski definition) is 2. The zero-order valence-electron chi connectivity index (χ0n) is 14.1. The Hall–Kier alpha value is -2.06. The van der Waals surface area contributed by atoms with Crippen LogP contribution < -0.4 is 4.90 Å². The summed E-state index contributed by atoms with van der Waals surface area (Å²) in [4.78, 5) is 21.7. The Morgan fingerprint density at radius 1 is 0.808 bits per heavy atom. The minimum Gasteiger partial charge on any atom is -0.263 e. The number of carbonyl (C=O) groups is 2. The molecule has 1 aromatic carbocycles. The summed E-state index contributed by atoms with van der Waals surface area (Å²) in [6, 6.07) is 4.45. The van der Waals surface area contributed by atoms with Crippen molar-refractivity contribution in [3.8, 4) is 0 Å². The van der Waals surface area contributed by atoms with Gasteiger partial charge in [0.2, 0.25) is 0 Å². The number of halogens is 6. The quantitative estimate of drug-likeness (QED) is 0.480. The number of aryl methyl sites for hydroxylation is 1. The van der Waals surface area contributed by atoms with Gasteiger partial charge in [-0.05, 0) is 30.5 Å². The number of unbranched alkanes of at least 4 members (excludes halogenated alkanes) is 4. The zero-order chi connectivity index (χ0) is 20.0. The Morgan fingerprint density at radius 2 is 1.27 bits per heavy atom. The average Bonchev–Trinajstić information content (AvgIpc) is 2.54. The fourth-order valence-corrected chi connectivity index (χ4v) is 2.32. The van der Waals surface area contributed by atoms with Gasteiger partial charge in [-0.1, -0.05) is 44.7 Å². The standard InChI is InChI=1S/C17H19F6NO2/c1-2-3-4-5-6-7-12-8-10-13(11-9-12)24(14(25)16(18,19)20)15(26)17(21,22)23/h8-11H,2-7H2,1H3. The van der Waals surface area contributed by atoms with Gasteiger partial charge in [-0.25, -0.2) is 4.90 Å². The van der Waals surface area contributed by atoms with E-state index >= 15 is 0 Å². The van der Waals surface area contributed by atoms with Gasteiger partial charge in [0.25, 0.3) is 0 Å². The molecule has 1 rings (SSSR count). The second kappa shape index (κ2) is 9.05. The van der Waals surface area contributed by atoms with E-state index in [1.54, 1.807) is 0 Å². The second-order valence-corrected chi connectivity index (χ2v) is 5.77. The predicted octanol–water partition coefficient (Wildman–Crippen LogP) is 5.18. The molecule has 0 aliphatic rings. The molecule has 1 aromatic rings. The van der Waals surface area contributed by atoms with Crippen LogP contribution in [-0.4, -0.2) is 24.2 Å². The normalized spacial score (nSPS) is 12.1. The molecule has 0 heterocycles. The van der Waals surface area contributed by atoms with Crippen LogP contribution in [0.1, 0.15) is 44.6 Å². The van der Waals surface area contributed by atoms with Gasteiger partial charge in [0.15, 0.2) is 0 Å². The molecule has 0 spiro atoms. The van der Waals surface area contributed by atoms with Crippen LogP contribution in [0.15, 0.2) is 24.3 Å². The molecular weight excluding hydrogens is 364 g/mol. The molecule has 0 saturated carbocycles. The lowest BCUT2D eigenvalue weighted by molar-refractivity contribution is -0.181. The molecule has 0 saturated heterocycles. The Morgan fingerprint density at radius 3 is 1.69 bits per heavy atom. The SMILES string of the molecule is CCCCCCCc1ccc(N(C(=O)C(F)(F)F)C(=O)C(F)(F)F)cc1. The third kappa shape index (κ3) is 6.34. The molecule has 0 bridgehead atoms. The Kier molecular flexibility index (Phi) is 7.65. The zero-order valence-corrected chi connectivity index (χ0v) is 14.1. The van der Waals surface area contributed by atoms with Gasteiger partial charge >= 0.3 is 24.2 Å². The summed E-state index contributed by atoms with van der Waals surface area (Å²) in [5, 5.41) is 0. The van der Waals surface area contributed by atoms with Crippen molar-refractivity contribution in [2.45, 2.75) is 57.8 Å². The molecule has 0 fully saturated rings. The predicted molar refractivity (Wildman–Crippen MR) is 83.5 cm³/mol. The number of carbonyl (C=O) groups excluding carboxylic acids is 2. The number of alkyl halides is 6. The van der Waals surface area contributed by atoms with Crippen LogP contribution in [0.5, 0.6) is 0 Å². The van der Waals surface area contributed by atoms with E-state index in [-0.39, 0.29) is 0 Å². The van der Waals surface area contributed by atoms with Crippen LogP contribution in [0.3, 0.4) is 0 Å². The van der Waals surface area contributed by atoms with Gasteiger partial charge in [0.1, 0.15) is 0 Å². The second-order valence-electron chi connectivity index (χ2n) is 5.77. The lowest BCUT2D eigenvalue weighted by atomic mass is 10.0. The van der Waals surface area contributed by atoms with Crippen LogP contribution in [0.25, 0.3) is 0 Å². The van der Waals surface area contributed by atoms with E-state index < -0.39 is 34.8 Å². The molecule has 0 radical (unpaired) electrons. The first-order chi connectivity index (χ1) is 12.0. The van der Waals surface area contributed by atoms with Gasteiger partial charge in [0, 0.05) is 0 Å². The smallest absolute Gasteiger partial charge is 0.263 e. The average molecular weight is 383 g/mol. The highest BCUT2D eigenvalue weighted by Crippen LogP contribution is 2.29. The Balaban J connectivity index is 2.94. The molecule has 0 atom stereocenters. The molecular formula is C17H19F6NO2. The van der Waals surface area contributed by atoms with Gasteiger partial charge in [-0.15, -0.1) is 0 Å². The number of nitrogens with zero attached hydrogens (tertiary/aromatic N) is 1. The first-order valence-corrected chi connectivity index (χ1v) is 8.09. The molecule has 2 amide bonds. The van der Waals surface area contributed by atoms with Gasteiger partial charge in [-0.2, -0.15) is 26.3 Å². The molecule has 0 aromatic heterocycles. The van der Waals surface area contributed by atoms with Crippen molar-refractivity contribution in [1.29, 1.82) is 0 Å². The summed E-state index contributed by atoms with van der Waals surface area (Å²) >= 11 is 0. The lowest BCUT2D eigenvalue weighted by Crippen LogP contribution is -2.50. The maximum absolute atomic E-state index is 12.6. The number of amides is 2. The van der Waals surface area contributed by atoms with E-state index in [1.807, 2.05) is 0 Å². The molecule has 0 aliphatic heterocycles. The minimum absolute atomic E-state index is 0.602. The molecule has 0 unspecified atom stereocenters. The topological polar surface area (TPSA) is 37.4 Å². The van der Waals surface area contributed by atoms with E-state index in [9.17, 15) is 35.9 Å². The highest BCUT2D eigenvalue weighted by Gasteiger charge is 2.52. The highest BCUT2D eigenvalue weighted by molar-refractivity contribution is 6.18. The number of hydrogen-bond donors (Lipinski definition) is 0. The first-order valence-electron chi connectivity index (χ1n) is 8.09. The third-order valence-electron chi connectivity index (χ3n) is 3.65. The molecule has 9 heteroatoms. The first kappa shape index (κ1) is 22.0. The Labute approximate surface area is 147 Å². The van der Waals surface area contributed by atoms with Crippen LogP contribution in [-0.2, 0) is 16.0 Å². The number of anilines is 1. The minimum atomic E-state index is -5.61. The fraction of sp³-hybridized carbons (Fsp3) is 0.529. The van der Waals surface area contributed by atoms with E-state index in [1.165, 1.54) is 12.1 Å². The molecule has 0 aliphatic carbocycles. The number of imide groups is 1. The summed E-state index contributed by atoms with van der Waals surface area (Å²) in [5.74, 6) is -5.76. The van der Waals surface area contributed by atoms with Crippen molar-refractivity contribution in [3.63, 3.8) is 0 Å². The van der Waals surface area contributed by atoms with Crippen LogP contribution >= 0.6 is 0 Å². The maximum atomic E-state index is 12.6. The van der Waals surface area contributed by atoms with Gasteiger partial charge in [0.05, 0.1) is 5.69 Å². The molecule has 3 nitrogen and oxygen atoms in total. The Bertz CT molecular complexity index is 581. The molecule has 26 heavy (non-hydrogen) atoms. The van der Waals surface area contributed by atoms with E-state index in [2.05, 4.69) is 6.92 Å². The van der Waals surface area contributed by atoms with Crippen molar-refractivity contribution < 1.29 is 35.9 Å². The highest BCUT2D eigenvalue weighted by atomic mass is 19.4. The summed E-state index contributed by atoms with van der Waals surface area (Å²) in [6.45, 7) is 2.06. The third-order valence-corrected chi connectivity index (χ3v) is 3.65. The van der Waals surface area contributed by atoms with E-state index in [0.29, 0.717) is 12.0 Å². The fourth-order valence-electron chi connectivity index (χ4n) is 2.32. The van der Waals surface area contributed by atoms with Crippen molar-refractivity contribution in [3.05, 3.63) is 29.8 Å². The van der Waals surface area contributed by atoms with Crippen molar-refractivity contribution in [2.24, 2.45) is 0 Å². The summed E-state index contributed by atoms with van der Waals surface area (Å²) < 4.78 is 75.4. The van der Waals surface area contributed by atoms with Crippen LogP contribution in [0.4, 0.5) is 32.0 Å². The molecule has 146 valence electrons.